The summed E-state index contributed by atoms with van der Waals surface area (Å²) in [6.45, 7) is 4.09. The van der Waals surface area contributed by atoms with Gasteiger partial charge >= 0.3 is 0 Å². The van der Waals surface area contributed by atoms with Crippen molar-refractivity contribution in [1.82, 2.24) is 14.8 Å². The predicted molar refractivity (Wildman–Crippen MR) is 108 cm³/mol. The van der Waals surface area contributed by atoms with E-state index in [1.807, 2.05) is 49.7 Å². The lowest BCUT2D eigenvalue weighted by molar-refractivity contribution is -0.115. The van der Waals surface area contributed by atoms with Gasteiger partial charge < -0.3 is 19.4 Å². The molecule has 1 amide bonds. The summed E-state index contributed by atoms with van der Waals surface area (Å²) in [6, 6.07) is 13.4. The highest BCUT2D eigenvalue weighted by molar-refractivity contribution is 8.00. The molecule has 28 heavy (non-hydrogen) atoms. The standard InChI is InChI=1S/C20H20N4O3S/c1-12-6-4-5-7-15(12)18-22-23-20(24(18)3)28-13(2)19(25)21-14-8-9-16-17(10-14)27-11-26-16/h4-10,13H,11H2,1-3H3,(H,21,25)/t13-/m1/s1. The van der Waals surface area contributed by atoms with Crippen LogP contribution in [0.3, 0.4) is 0 Å². The molecule has 0 fully saturated rings. The third-order valence-corrected chi connectivity index (χ3v) is 5.65. The number of hydrogen-bond acceptors (Lipinski definition) is 6. The second-order valence-corrected chi connectivity index (χ2v) is 7.81. The zero-order chi connectivity index (χ0) is 19.7. The van der Waals surface area contributed by atoms with Crippen LogP contribution in [0.2, 0.25) is 0 Å². The van der Waals surface area contributed by atoms with E-state index in [0.717, 1.165) is 17.0 Å². The maximum atomic E-state index is 12.6. The molecule has 3 aromatic rings. The normalized spacial score (nSPS) is 13.4. The molecule has 0 radical (unpaired) electrons. The van der Waals surface area contributed by atoms with E-state index in [4.69, 9.17) is 9.47 Å². The van der Waals surface area contributed by atoms with Crippen molar-refractivity contribution < 1.29 is 14.3 Å². The Hall–Kier alpha value is -3.00. The first-order valence-electron chi connectivity index (χ1n) is 8.85. The number of thioether (sulfide) groups is 1. The molecule has 4 rings (SSSR count). The van der Waals surface area contributed by atoms with Crippen LogP contribution in [0.5, 0.6) is 11.5 Å². The van der Waals surface area contributed by atoms with Crippen LogP contribution in [-0.2, 0) is 11.8 Å². The number of amides is 1. The Kier molecular flexibility index (Phi) is 4.95. The zero-order valence-electron chi connectivity index (χ0n) is 15.8. The molecule has 1 aliphatic rings. The van der Waals surface area contributed by atoms with Gasteiger partial charge in [0.25, 0.3) is 0 Å². The number of fused-ring (bicyclic) bond motifs is 1. The minimum absolute atomic E-state index is 0.121. The molecule has 2 aromatic carbocycles. The quantitative estimate of drug-likeness (QED) is 0.664. The minimum atomic E-state index is -0.349. The Labute approximate surface area is 167 Å². The monoisotopic (exact) mass is 396 g/mol. The Morgan fingerprint density at radius 1 is 1.18 bits per heavy atom. The van der Waals surface area contributed by atoms with Crippen LogP contribution in [0.25, 0.3) is 11.4 Å². The average molecular weight is 396 g/mol. The van der Waals surface area contributed by atoms with E-state index in [0.29, 0.717) is 22.3 Å². The number of nitrogens with one attached hydrogen (secondary N) is 1. The molecule has 2 heterocycles. The van der Waals surface area contributed by atoms with Gasteiger partial charge in [-0.15, -0.1) is 10.2 Å². The molecule has 0 spiro atoms. The molecular formula is C20H20N4O3S. The lowest BCUT2D eigenvalue weighted by atomic mass is 10.1. The highest BCUT2D eigenvalue weighted by Crippen LogP contribution is 2.34. The Bertz CT molecular complexity index is 1030. The van der Waals surface area contributed by atoms with E-state index in [2.05, 4.69) is 15.5 Å². The third-order valence-electron chi connectivity index (χ3n) is 4.51. The smallest absolute Gasteiger partial charge is 0.237 e. The van der Waals surface area contributed by atoms with Crippen molar-refractivity contribution in [1.29, 1.82) is 0 Å². The van der Waals surface area contributed by atoms with Crippen molar-refractivity contribution in [2.24, 2.45) is 7.05 Å². The van der Waals surface area contributed by atoms with Crippen LogP contribution in [0.1, 0.15) is 12.5 Å². The molecule has 1 aromatic heterocycles. The summed E-state index contributed by atoms with van der Waals surface area (Å²) in [7, 11) is 1.91. The first-order valence-corrected chi connectivity index (χ1v) is 9.73. The van der Waals surface area contributed by atoms with Crippen molar-refractivity contribution in [2.75, 3.05) is 12.1 Å². The molecule has 1 aliphatic heterocycles. The fourth-order valence-corrected chi connectivity index (χ4v) is 3.72. The predicted octanol–water partition coefficient (Wildman–Crippen LogP) is 3.64. The summed E-state index contributed by atoms with van der Waals surface area (Å²) < 4.78 is 12.5. The summed E-state index contributed by atoms with van der Waals surface area (Å²) in [5.41, 5.74) is 2.82. The molecule has 8 heteroatoms. The van der Waals surface area contributed by atoms with Gasteiger partial charge in [-0.3, -0.25) is 4.79 Å². The Balaban J connectivity index is 1.46. The van der Waals surface area contributed by atoms with Gasteiger partial charge in [-0.1, -0.05) is 36.0 Å². The van der Waals surface area contributed by atoms with Gasteiger partial charge in [-0.05, 0) is 31.5 Å². The Morgan fingerprint density at radius 2 is 1.96 bits per heavy atom. The first-order chi connectivity index (χ1) is 13.5. The molecule has 1 N–H and O–H groups in total. The van der Waals surface area contributed by atoms with Crippen molar-refractivity contribution in [3.63, 3.8) is 0 Å². The second kappa shape index (κ2) is 7.55. The highest BCUT2D eigenvalue weighted by Gasteiger charge is 2.21. The van der Waals surface area contributed by atoms with Gasteiger partial charge in [0.1, 0.15) is 0 Å². The largest absolute Gasteiger partial charge is 0.454 e. The number of ether oxygens (including phenoxy) is 2. The molecule has 0 aliphatic carbocycles. The minimum Gasteiger partial charge on any atom is -0.454 e. The number of carbonyl (C=O) groups excluding carboxylic acids is 1. The molecule has 0 saturated heterocycles. The van der Waals surface area contributed by atoms with Crippen molar-refractivity contribution in [2.45, 2.75) is 24.3 Å². The highest BCUT2D eigenvalue weighted by atomic mass is 32.2. The van der Waals surface area contributed by atoms with Gasteiger partial charge in [0, 0.05) is 24.4 Å². The van der Waals surface area contributed by atoms with E-state index in [1.165, 1.54) is 11.8 Å². The number of rotatable bonds is 5. The van der Waals surface area contributed by atoms with Gasteiger partial charge in [-0.2, -0.15) is 0 Å². The zero-order valence-corrected chi connectivity index (χ0v) is 16.6. The molecule has 7 nitrogen and oxygen atoms in total. The Morgan fingerprint density at radius 3 is 2.79 bits per heavy atom. The summed E-state index contributed by atoms with van der Waals surface area (Å²) in [6.07, 6.45) is 0. The van der Waals surface area contributed by atoms with Gasteiger partial charge in [0.15, 0.2) is 22.5 Å². The van der Waals surface area contributed by atoms with Gasteiger partial charge in [-0.25, -0.2) is 0 Å². The maximum absolute atomic E-state index is 12.6. The maximum Gasteiger partial charge on any atom is 0.237 e. The number of benzene rings is 2. The van der Waals surface area contributed by atoms with Gasteiger partial charge in [0.2, 0.25) is 12.7 Å². The van der Waals surface area contributed by atoms with E-state index in [1.54, 1.807) is 18.2 Å². The third kappa shape index (κ3) is 3.55. The molecule has 0 bridgehead atoms. The van der Waals surface area contributed by atoms with Crippen molar-refractivity contribution in [3.8, 4) is 22.9 Å². The molecule has 0 unspecified atom stereocenters. The number of anilines is 1. The van der Waals surface area contributed by atoms with Crippen LogP contribution in [0, 0.1) is 6.92 Å². The van der Waals surface area contributed by atoms with Crippen LogP contribution in [0.4, 0.5) is 5.69 Å². The van der Waals surface area contributed by atoms with E-state index in [9.17, 15) is 4.79 Å². The summed E-state index contributed by atoms with van der Waals surface area (Å²) >= 11 is 1.37. The van der Waals surface area contributed by atoms with Crippen LogP contribution in [0.15, 0.2) is 47.6 Å². The lowest BCUT2D eigenvalue weighted by Gasteiger charge is -2.12. The molecule has 0 saturated carbocycles. The lowest BCUT2D eigenvalue weighted by Crippen LogP contribution is -2.22. The van der Waals surface area contributed by atoms with Crippen molar-refractivity contribution in [3.05, 3.63) is 48.0 Å². The SMILES string of the molecule is Cc1ccccc1-c1nnc(S[C@H](C)C(=O)Nc2ccc3c(c2)OCO3)n1C. The summed E-state index contributed by atoms with van der Waals surface area (Å²) in [5.74, 6) is 1.98. The van der Waals surface area contributed by atoms with Crippen molar-refractivity contribution >= 4 is 23.4 Å². The van der Waals surface area contributed by atoms with E-state index < -0.39 is 0 Å². The summed E-state index contributed by atoms with van der Waals surface area (Å²) in [4.78, 5) is 12.6. The van der Waals surface area contributed by atoms with Gasteiger partial charge in [0.05, 0.1) is 5.25 Å². The fraction of sp³-hybridized carbons (Fsp3) is 0.250. The van der Waals surface area contributed by atoms with Crippen LogP contribution in [-0.4, -0.2) is 32.7 Å². The molecule has 1 atom stereocenters. The number of aryl methyl sites for hydroxylation is 1. The summed E-state index contributed by atoms with van der Waals surface area (Å²) in [5, 5.41) is 11.8. The van der Waals surface area contributed by atoms with Crippen LogP contribution < -0.4 is 14.8 Å². The van der Waals surface area contributed by atoms with E-state index >= 15 is 0 Å². The average Bonchev–Trinajstić information content (AvgIpc) is 3.29. The number of carbonyl (C=O) groups is 1. The van der Waals surface area contributed by atoms with E-state index in [-0.39, 0.29) is 18.0 Å². The first kappa shape index (κ1) is 18.4. The number of aromatic nitrogens is 3. The molecular weight excluding hydrogens is 376 g/mol. The topological polar surface area (TPSA) is 78.3 Å². The molecule has 144 valence electrons. The number of nitrogens with zero attached hydrogens (tertiary/aromatic N) is 3. The second-order valence-electron chi connectivity index (χ2n) is 6.50. The number of hydrogen-bond donors (Lipinski definition) is 1. The fourth-order valence-electron chi connectivity index (χ4n) is 2.91. The van der Waals surface area contributed by atoms with Crippen LogP contribution >= 0.6 is 11.8 Å².